The maximum Gasteiger partial charge on any atom is 0.311 e. The minimum Gasteiger partial charge on any atom is -0.508 e. The number of carbonyl (C=O) groups is 1. The summed E-state index contributed by atoms with van der Waals surface area (Å²) >= 11 is 5.92. The number of ether oxygens (including phenoxy) is 2. The molecule has 0 aliphatic carbocycles. The molecule has 2 rings (SSSR count). The standard InChI is InChI=1S/C17H17ClO5/c1-22-15-6-3-10(9-16(15)23-2)13(17(20)21)8-11-7-12(18)4-5-14(11)19/h3-7,9,13,19H,8H2,1-2H3,(H,20,21). The number of halogens is 1. The SMILES string of the molecule is COc1ccc(C(Cc2cc(Cl)ccc2O)C(=O)O)cc1OC. The summed E-state index contributed by atoms with van der Waals surface area (Å²) in [6.45, 7) is 0. The lowest BCUT2D eigenvalue weighted by Crippen LogP contribution is -2.14. The fraction of sp³-hybridized carbons (Fsp3) is 0.235. The molecule has 0 spiro atoms. The van der Waals surface area contributed by atoms with Crippen LogP contribution in [0.5, 0.6) is 17.2 Å². The Morgan fingerprint density at radius 2 is 1.83 bits per heavy atom. The van der Waals surface area contributed by atoms with Crippen LogP contribution in [0.4, 0.5) is 0 Å². The predicted octanol–water partition coefficient (Wildman–Crippen LogP) is 3.47. The number of phenolic OH excluding ortho intramolecular Hbond substituents is 1. The highest BCUT2D eigenvalue weighted by Crippen LogP contribution is 2.33. The van der Waals surface area contributed by atoms with Gasteiger partial charge in [0.25, 0.3) is 0 Å². The quantitative estimate of drug-likeness (QED) is 0.844. The Hall–Kier alpha value is -2.40. The molecule has 0 aliphatic rings. The average molecular weight is 337 g/mol. The number of benzene rings is 2. The Balaban J connectivity index is 2.39. The second kappa shape index (κ2) is 7.24. The van der Waals surface area contributed by atoms with Crippen LogP contribution in [0.2, 0.25) is 5.02 Å². The topological polar surface area (TPSA) is 76.0 Å². The number of methoxy groups -OCH3 is 2. The molecule has 2 aromatic rings. The van der Waals surface area contributed by atoms with Crippen LogP contribution < -0.4 is 9.47 Å². The second-order valence-electron chi connectivity index (χ2n) is 4.98. The third-order valence-electron chi connectivity index (χ3n) is 3.57. The number of carboxylic acid groups (broad SMARTS) is 1. The van der Waals surface area contributed by atoms with Gasteiger partial charge in [0.05, 0.1) is 20.1 Å². The van der Waals surface area contributed by atoms with Crippen LogP contribution in [-0.4, -0.2) is 30.4 Å². The van der Waals surface area contributed by atoms with E-state index in [9.17, 15) is 15.0 Å². The minimum absolute atomic E-state index is 0.0149. The van der Waals surface area contributed by atoms with Gasteiger partial charge >= 0.3 is 5.97 Å². The second-order valence-corrected chi connectivity index (χ2v) is 5.42. The summed E-state index contributed by atoms with van der Waals surface area (Å²) in [5.74, 6) is -0.866. The van der Waals surface area contributed by atoms with Crippen LogP contribution >= 0.6 is 11.6 Å². The van der Waals surface area contributed by atoms with E-state index in [2.05, 4.69) is 0 Å². The van der Waals surface area contributed by atoms with E-state index >= 15 is 0 Å². The first-order valence-corrected chi connectivity index (χ1v) is 7.26. The number of phenols is 1. The zero-order chi connectivity index (χ0) is 17.0. The molecular weight excluding hydrogens is 320 g/mol. The third kappa shape index (κ3) is 3.87. The zero-order valence-electron chi connectivity index (χ0n) is 12.7. The average Bonchev–Trinajstić information content (AvgIpc) is 2.54. The molecule has 0 saturated carbocycles. The first kappa shape index (κ1) is 17.0. The van der Waals surface area contributed by atoms with Crippen molar-refractivity contribution in [2.24, 2.45) is 0 Å². The van der Waals surface area contributed by atoms with Gasteiger partial charge < -0.3 is 19.7 Å². The van der Waals surface area contributed by atoms with Crippen LogP contribution in [0.25, 0.3) is 0 Å². The van der Waals surface area contributed by atoms with E-state index in [4.69, 9.17) is 21.1 Å². The lowest BCUT2D eigenvalue weighted by Gasteiger charge is -2.16. The van der Waals surface area contributed by atoms with Gasteiger partial charge in [0.15, 0.2) is 11.5 Å². The van der Waals surface area contributed by atoms with E-state index < -0.39 is 11.9 Å². The molecule has 1 atom stereocenters. The maximum atomic E-state index is 11.7. The molecule has 0 heterocycles. The summed E-state index contributed by atoms with van der Waals surface area (Å²) in [5.41, 5.74) is 1.02. The molecule has 1 unspecified atom stereocenters. The molecular formula is C17H17ClO5. The number of aliphatic carboxylic acids is 1. The molecule has 23 heavy (non-hydrogen) atoms. The van der Waals surface area contributed by atoms with E-state index in [0.717, 1.165) is 0 Å². The predicted molar refractivity (Wildman–Crippen MR) is 86.7 cm³/mol. The van der Waals surface area contributed by atoms with E-state index in [1.807, 2.05) is 0 Å². The number of aromatic hydroxyl groups is 1. The zero-order valence-corrected chi connectivity index (χ0v) is 13.5. The molecule has 0 saturated heterocycles. The molecule has 122 valence electrons. The number of hydrogen-bond donors (Lipinski definition) is 2. The summed E-state index contributed by atoms with van der Waals surface area (Å²) in [5, 5.41) is 19.9. The van der Waals surface area contributed by atoms with Gasteiger partial charge in [0.1, 0.15) is 5.75 Å². The van der Waals surface area contributed by atoms with E-state index in [1.165, 1.54) is 20.3 Å². The van der Waals surface area contributed by atoms with Gasteiger partial charge in [0, 0.05) is 5.02 Å². The Morgan fingerprint density at radius 1 is 1.13 bits per heavy atom. The van der Waals surface area contributed by atoms with Gasteiger partial charge in [-0.15, -0.1) is 0 Å². The molecule has 6 heteroatoms. The van der Waals surface area contributed by atoms with E-state index in [1.54, 1.807) is 30.3 Å². The van der Waals surface area contributed by atoms with E-state index in [-0.39, 0.29) is 12.2 Å². The lowest BCUT2D eigenvalue weighted by molar-refractivity contribution is -0.138. The molecule has 0 aliphatic heterocycles. The number of carboxylic acids is 1. The van der Waals surface area contributed by atoms with Crippen LogP contribution in [0.15, 0.2) is 36.4 Å². The highest BCUT2D eigenvalue weighted by atomic mass is 35.5. The van der Waals surface area contributed by atoms with Crippen molar-refractivity contribution in [1.82, 2.24) is 0 Å². The fourth-order valence-corrected chi connectivity index (χ4v) is 2.55. The number of rotatable bonds is 6. The molecule has 0 fully saturated rings. The first-order chi connectivity index (χ1) is 11.0. The molecule has 5 nitrogen and oxygen atoms in total. The summed E-state index contributed by atoms with van der Waals surface area (Å²) in [4.78, 5) is 11.7. The van der Waals surface area contributed by atoms with Crippen LogP contribution in [0, 0.1) is 0 Å². The van der Waals surface area contributed by atoms with Gasteiger partial charge in [-0.3, -0.25) is 4.79 Å². The smallest absolute Gasteiger partial charge is 0.311 e. The van der Waals surface area contributed by atoms with E-state index in [0.29, 0.717) is 27.6 Å². The van der Waals surface area contributed by atoms with Crippen LogP contribution in [0.3, 0.4) is 0 Å². The van der Waals surface area contributed by atoms with Crippen molar-refractivity contribution in [3.8, 4) is 17.2 Å². The Bertz CT molecular complexity index is 714. The molecule has 2 aromatic carbocycles. The first-order valence-electron chi connectivity index (χ1n) is 6.88. The van der Waals surface area contributed by atoms with Crippen molar-refractivity contribution in [3.63, 3.8) is 0 Å². The van der Waals surface area contributed by atoms with Crippen molar-refractivity contribution < 1.29 is 24.5 Å². The van der Waals surface area contributed by atoms with Gasteiger partial charge in [0.2, 0.25) is 0 Å². The minimum atomic E-state index is -1.00. The normalized spacial score (nSPS) is 11.8. The maximum absolute atomic E-state index is 11.7. The Morgan fingerprint density at radius 3 is 2.43 bits per heavy atom. The molecule has 0 radical (unpaired) electrons. The van der Waals surface area contributed by atoms with Crippen LogP contribution in [0.1, 0.15) is 17.0 Å². The Kier molecular flexibility index (Phi) is 5.34. The summed E-state index contributed by atoms with van der Waals surface area (Å²) in [6.07, 6.45) is 0.108. The summed E-state index contributed by atoms with van der Waals surface area (Å²) in [7, 11) is 3.00. The molecule has 2 N–H and O–H groups in total. The number of hydrogen-bond acceptors (Lipinski definition) is 4. The highest BCUT2D eigenvalue weighted by Gasteiger charge is 2.23. The van der Waals surface area contributed by atoms with Crippen molar-refractivity contribution >= 4 is 17.6 Å². The van der Waals surface area contributed by atoms with Crippen molar-refractivity contribution in [2.75, 3.05) is 14.2 Å². The largest absolute Gasteiger partial charge is 0.508 e. The Labute approximate surface area is 139 Å². The summed E-state index contributed by atoms with van der Waals surface area (Å²) < 4.78 is 10.4. The highest BCUT2D eigenvalue weighted by molar-refractivity contribution is 6.30. The molecule has 0 amide bonds. The monoisotopic (exact) mass is 336 g/mol. The molecule has 0 aromatic heterocycles. The molecule has 0 bridgehead atoms. The van der Waals surface area contributed by atoms with Gasteiger partial charge in [-0.1, -0.05) is 17.7 Å². The summed E-state index contributed by atoms with van der Waals surface area (Å²) in [6, 6.07) is 9.51. The van der Waals surface area contributed by atoms with Crippen molar-refractivity contribution in [2.45, 2.75) is 12.3 Å². The van der Waals surface area contributed by atoms with Gasteiger partial charge in [-0.2, -0.15) is 0 Å². The van der Waals surface area contributed by atoms with Crippen molar-refractivity contribution in [3.05, 3.63) is 52.5 Å². The fourth-order valence-electron chi connectivity index (χ4n) is 2.35. The van der Waals surface area contributed by atoms with Gasteiger partial charge in [-0.25, -0.2) is 0 Å². The third-order valence-corrected chi connectivity index (χ3v) is 3.81. The lowest BCUT2D eigenvalue weighted by atomic mass is 9.91. The van der Waals surface area contributed by atoms with Crippen LogP contribution in [-0.2, 0) is 11.2 Å². The van der Waals surface area contributed by atoms with Gasteiger partial charge in [-0.05, 0) is 47.9 Å². The van der Waals surface area contributed by atoms with Crippen molar-refractivity contribution in [1.29, 1.82) is 0 Å².